The van der Waals surface area contributed by atoms with Gasteiger partial charge in [0.25, 0.3) is 0 Å². The SMILES string of the molecule is CN(CC1CCCCO1)c1n[nH]c(=S)s1. The number of aromatic nitrogens is 2. The Morgan fingerprint density at radius 3 is 3.13 bits per heavy atom. The van der Waals surface area contributed by atoms with Gasteiger partial charge in [0.2, 0.25) is 5.13 Å². The predicted octanol–water partition coefficient (Wildman–Crippen LogP) is 2.21. The Balaban J connectivity index is 1.90. The number of aromatic amines is 1. The van der Waals surface area contributed by atoms with Gasteiger partial charge in [-0.2, -0.15) is 0 Å². The minimum Gasteiger partial charge on any atom is -0.376 e. The lowest BCUT2D eigenvalue weighted by Gasteiger charge is -2.26. The van der Waals surface area contributed by atoms with Crippen molar-refractivity contribution in [1.82, 2.24) is 10.2 Å². The highest BCUT2D eigenvalue weighted by atomic mass is 32.1. The van der Waals surface area contributed by atoms with E-state index in [-0.39, 0.29) is 0 Å². The van der Waals surface area contributed by atoms with Crippen LogP contribution in [0, 0.1) is 3.95 Å². The molecular weight excluding hydrogens is 230 g/mol. The normalized spacial score (nSPS) is 21.5. The number of hydrogen-bond acceptors (Lipinski definition) is 5. The predicted molar refractivity (Wildman–Crippen MR) is 64.2 cm³/mol. The van der Waals surface area contributed by atoms with Crippen LogP contribution in [0.3, 0.4) is 0 Å². The van der Waals surface area contributed by atoms with Crippen molar-refractivity contribution in [3.8, 4) is 0 Å². The quantitative estimate of drug-likeness (QED) is 0.829. The van der Waals surface area contributed by atoms with Gasteiger partial charge >= 0.3 is 0 Å². The number of H-pyrrole nitrogens is 1. The lowest BCUT2D eigenvalue weighted by molar-refractivity contribution is 0.0216. The maximum atomic E-state index is 5.68. The number of likely N-dealkylation sites (N-methyl/N-ethyl adjacent to an activating group) is 1. The van der Waals surface area contributed by atoms with Crippen molar-refractivity contribution in [1.29, 1.82) is 0 Å². The number of hydrogen-bond donors (Lipinski definition) is 1. The second-order valence-electron chi connectivity index (χ2n) is 3.76. The monoisotopic (exact) mass is 245 g/mol. The van der Waals surface area contributed by atoms with Gasteiger partial charge < -0.3 is 9.64 Å². The third kappa shape index (κ3) is 2.99. The number of nitrogens with zero attached hydrogens (tertiary/aromatic N) is 2. The summed E-state index contributed by atoms with van der Waals surface area (Å²) in [6.45, 7) is 1.80. The fraction of sp³-hybridized carbons (Fsp3) is 0.778. The summed E-state index contributed by atoms with van der Waals surface area (Å²) in [6.07, 6.45) is 3.97. The molecule has 15 heavy (non-hydrogen) atoms. The summed E-state index contributed by atoms with van der Waals surface area (Å²) in [5.41, 5.74) is 0. The van der Waals surface area contributed by atoms with E-state index in [1.165, 1.54) is 24.2 Å². The molecule has 1 aliphatic rings. The van der Waals surface area contributed by atoms with E-state index in [1.54, 1.807) is 0 Å². The molecule has 0 radical (unpaired) electrons. The van der Waals surface area contributed by atoms with E-state index < -0.39 is 0 Å². The van der Waals surface area contributed by atoms with Crippen molar-refractivity contribution < 1.29 is 4.74 Å². The van der Waals surface area contributed by atoms with Gasteiger partial charge in [-0.15, -0.1) is 5.10 Å². The molecule has 6 heteroatoms. The zero-order valence-corrected chi connectivity index (χ0v) is 10.4. The third-order valence-corrected chi connectivity index (χ3v) is 3.71. The topological polar surface area (TPSA) is 41.1 Å². The molecule has 1 aliphatic heterocycles. The zero-order chi connectivity index (χ0) is 10.7. The van der Waals surface area contributed by atoms with Gasteiger partial charge in [0.15, 0.2) is 3.95 Å². The molecule has 2 heterocycles. The zero-order valence-electron chi connectivity index (χ0n) is 8.73. The summed E-state index contributed by atoms with van der Waals surface area (Å²) < 4.78 is 6.40. The molecule has 0 aromatic carbocycles. The average molecular weight is 245 g/mol. The van der Waals surface area contributed by atoms with Crippen LogP contribution in [-0.2, 0) is 4.74 Å². The molecule has 0 aliphatic carbocycles. The Kier molecular flexibility index (Phi) is 3.71. The van der Waals surface area contributed by atoms with Gasteiger partial charge in [-0.25, -0.2) is 0 Å². The Morgan fingerprint density at radius 2 is 2.53 bits per heavy atom. The first-order valence-electron chi connectivity index (χ1n) is 5.14. The van der Waals surface area contributed by atoms with Crippen molar-refractivity contribution in [2.75, 3.05) is 25.1 Å². The first-order chi connectivity index (χ1) is 7.25. The highest BCUT2D eigenvalue weighted by Gasteiger charge is 2.17. The molecule has 0 amide bonds. The van der Waals surface area contributed by atoms with Crippen molar-refractivity contribution in [2.24, 2.45) is 0 Å². The average Bonchev–Trinajstić information content (AvgIpc) is 2.66. The lowest BCUT2D eigenvalue weighted by atomic mass is 10.1. The van der Waals surface area contributed by atoms with Crippen LogP contribution in [0.25, 0.3) is 0 Å². The second-order valence-corrected chi connectivity index (χ2v) is 5.41. The highest BCUT2D eigenvalue weighted by Crippen LogP contribution is 2.19. The molecule has 0 bridgehead atoms. The van der Waals surface area contributed by atoms with Crippen LogP contribution in [-0.4, -0.2) is 36.5 Å². The highest BCUT2D eigenvalue weighted by molar-refractivity contribution is 7.73. The van der Waals surface area contributed by atoms with Crippen LogP contribution in [0.5, 0.6) is 0 Å². The summed E-state index contributed by atoms with van der Waals surface area (Å²) in [5, 5.41) is 7.87. The van der Waals surface area contributed by atoms with E-state index in [9.17, 15) is 0 Å². The summed E-state index contributed by atoms with van der Waals surface area (Å²) in [6, 6.07) is 0. The largest absolute Gasteiger partial charge is 0.376 e. The van der Waals surface area contributed by atoms with Gasteiger partial charge in [-0.05, 0) is 31.5 Å². The van der Waals surface area contributed by atoms with Crippen LogP contribution >= 0.6 is 23.6 Å². The van der Waals surface area contributed by atoms with Crippen molar-refractivity contribution in [3.05, 3.63) is 3.95 Å². The van der Waals surface area contributed by atoms with Crippen molar-refractivity contribution >= 4 is 28.7 Å². The van der Waals surface area contributed by atoms with Crippen LogP contribution in [0.15, 0.2) is 0 Å². The van der Waals surface area contributed by atoms with Gasteiger partial charge in [0.05, 0.1) is 6.10 Å². The van der Waals surface area contributed by atoms with E-state index >= 15 is 0 Å². The van der Waals surface area contributed by atoms with Crippen LogP contribution < -0.4 is 4.90 Å². The van der Waals surface area contributed by atoms with Crippen LogP contribution in [0.2, 0.25) is 0 Å². The molecule has 1 aromatic heterocycles. The summed E-state index contributed by atoms with van der Waals surface area (Å²) >= 11 is 6.50. The fourth-order valence-electron chi connectivity index (χ4n) is 1.72. The molecule has 4 nitrogen and oxygen atoms in total. The Bertz CT molecular complexity index is 356. The minimum absolute atomic E-state index is 0.348. The fourth-order valence-corrected chi connectivity index (χ4v) is 2.57. The summed E-state index contributed by atoms with van der Waals surface area (Å²) in [7, 11) is 2.03. The smallest absolute Gasteiger partial charge is 0.206 e. The molecule has 1 aromatic rings. The van der Waals surface area contributed by atoms with E-state index in [1.807, 2.05) is 7.05 Å². The van der Waals surface area contributed by atoms with Crippen LogP contribution in [0.4, 0.5) is 5.13 Å². The molecule has 1 unspecified atom stereocenters. The Labute approximate surface area is 98.3 Å². The number of anilines is 1. The standard InChI is InChI=1S/C9H15N3OS2/c1-12(8-10-11-9(14)15-8)6-7-4-2-3-5-13-7/h7H,2-6H2,1H3,(H,11,14). The van der Waals surface area contributed by atoms with E-state index in [0.717, 1.165) is 28.7 Å². The first kappa shape index (κ1) is 11.0. The number of nitrogens with one attached hydrogen (secondary N) is 1. The molecule has 1 atom stereocenters. The Morgan fingerprint density at radius 1 is 1.67 bits per heavy atom. The van der Waals surface area contributed by atoms with Gasteiger partial charge in [-0.3, -0.25) is 5.10 Å². The minimum atomic E-state index is 0.348. The summed E-state index contributed by atoms with van der Waals surface area (Å²) in [5.74, 6) is 0. The number of ether oxygens (including phenoxy) is 1. The van der Waals surface area contributed by atoms with Crippen molar-refractivity contribution in [3.63, 3.8) is 0 Å². The summed E-state index contributed by atoms with van der Waals surface area (Å²) in [4.78, 5) is 2.10. The maximum absolute atomic E-state index is 5.68. The first-order valence-corrected chi connectivity index (χ1v) is 6.36. The maximum Gasteiger partial charge on any atom is 0.206 e. The van der Waals surface area contributed by atoms with E-state index in [0.29, 0.717) is 6.10 Å². The molecule has 1 N–H and O–H groups in total. The van der Waals surface area contributed by atoms with Gasteiger partial charge in [0.1, 0.15) is 0 Å². The number of rotatable bonds is 3. The Hall–Kier alpha value is -0.460. The molecule has 1 saturated heterocycles. The molecule has 1 fully saturated rings. The second kappa shape index (κ2) is 5.05. The molecule has 2 rings (SSSR count). The van der Waals surface area contributed by atoms with Gasteiger partial charge in [-0.1, -0.05) is 11.3 Å². The molecule has 0 spiro atoms. The molecule has 0 saturated carbocycles. The van der Waals surface area contributed by atoms with E-state index in [2.05, 4.69) is 15.1 Å². The van der Waals surface area contributed by atoms with Crippen molar-refractivity contribution in [2.45, 2.75) is 25.4 Å². The van der Waals surface area contributed by atoms with Gasteiger partial charge in [0, 0.05) is 20.2 Å². The van der Waals surface area contributed by atoms with E-state index in [4.69, 9.17) is 17.0 Å². The third-order valence-electron chi connectivity index (χ3n) is 2.50. The molecular formula is C9H15N3OS2. The lowest BCUT2D eigenvalue weighted by Crippen LogP contribution is -2.33. The molecule has 84 valence electrons. The van der Waals surface area contributed by atoms with Crippen LogP contribution in [0.1, 0.15) is 19.3 Å².